The Bertz CT molecular complexity index is 166. The zero-order chi connectivity index (χ0) is 6.81. The first kappa shape index (κ1) is 6.17. The van der Waals surface area contributed by atoms with Crippen LogP contribution in [0.15, 0.2) is 24.3 Å². The first-order chi connectivity index (χ1) is 4.95. The van der Waals surface area contributed by atoms with Crippen LogP contribution < -0.4 is 5.32 Å². The number of rotatable bonds is 2. The van der Waals surface area contributed by atoms with Crippen molar-refractivity contribution in [3.8, 4) is 0 Å². The molecule has 54 valence electrons. The van der Waals surface area contributed by atoms with Gasteiger partial charge in [-0.2, -0.15) is 0 Å². The minimum Gasteiger partial charge on any atom is -0.307 e. The monoisotopic (exact) mass is 135 g/mol. The molecule has 1 saturated carbocycles. The Morgan fingerprint density at radius 2 is 2.10 bits per heavy atom. The zero-order valence-corrected chi connectivity index (χ0v) is 6.09. The average molecular weight is 135 g/mol. The molecule has 0 aromatic rings. The normalized spacial score (nSPS) is 31.0. The van der Waals surface area contributed by atoms with Crippen LogP contribution in [0.3, 0.4) is 0 Å². The Hall–Kier alpha value is -0.560. The van der Waals surface area contributed by atoms with Gasteiger partial charge in [0.1, 0.15) is 0 Å². The highest BCUT2D eigenvalue weighted by Crippen LogP contribution is 2.20. The van der Waals surface area contributed by atoms with E-state index in [4.69, 9.17) is 0 Å². The second-order valence-corrected chi connectivity index (χ2v) is 3.10. The molecule has 1 unspecified atom stereocenters. The molecule has 0 bridgehead atoms. The van der Waals surface area contributed by atoms with Gasteiger partial charge in [-0.1, -0.05) is 24.3 Å². The van der Waals surface area contributed by atoms with E-state index in [1.807, 2.05) is 0 Å². The predicted molar refractivity (Wildman–Crippen MR) is 42.8 cm³/mol. The lowest BCUT2D eigenvalue weighted by molar-refractivity contribution is 0.591. The maximum absolute atomic E-state index is 3.55. The van der Waals surface area contributed by atoms with Crippen LogP contribution in [0.25, 0.3) is 0 Å². The molecule has 0 heterocycles. The third-order valence-corrected chi connectivity index (χ3v) is 2.01. The van der Waals surface area contributed by atoms with Gasteiger partial charge in [-0.25, -0.2) is 0 Å². The summed E-state index contributed by atoms with van der Waals surface area (Å²) in [5, 5.41) is 3.55. The number of hydrogen-bond donors (Lipinski definition) is 1. The van der Waals surface area contributed by atoms with Crippen LogP contribution in [-0.4, -0.2) is 12.1 Å². The SMILES string of the molecule is C1=CCC(NC2CC2)C=C1. The van der Waals surface area contributed by atoms with Gasteiger partial charge in [0, 0.05) is 12.1 Å². The molecule has 1 atom stereocenters. The van der Waals surface area contributed by atoms with Crippen LogP contribution in [-0.2, 0) is 0 Å². The van der Waals surface area contributed by atoms with E-state index in [0.29, 0.717) is 6.04 Å². The lowest BCUT2D eigenvalue weighted by Gasteiger charge is -2.13. The van der Waals surface area contributed by atoms with Gasteiger partial charge in [0.05, 0.1) is 0 Å². The maximum Gasteiger partial charge on any atom is 0.0290 e. The van der Waals surface area contributed by atoms with Crippen LogP contribution in [0, 0.1) is 0 Å². The Morgan fingerprint density at radius 1 is 1.20 bits per heavy atom. The molecule has 2 aliphatic rings. The smallest absolute Gasteiger partial charge is 0.0290 e. The Labute approximate surface area is 61.8 Å². The Morgan fingerprint density at radius 3 is 2.70 bits per heavy atom. The summed E-state index contributed by atoms with van der Waals surface area (Å²) in [5.74, 6) is 0. The molecule has 0 amide bonds. The highest BCUT2D eigenvalue weighted by molar-refractivity contribution is 5.14. The molecule has 0 spiro atoms. The summed E-state index contributed by atoms with van der Waals surface area (Å²) in [4.78, 5) is 0. The number of hydrogen-bond acceptors (Lipinski definition) is 1. The maximum atomic E-state index is 3.55. The Balaban J connectivity index is 1.81. The van der Waals surface area contributed by atoms with Gasteiger partial charge >= 0.3 is 0 Å². The third-order valence-electron chi connectivity index (χ3n) is 2.01. The zero-order valence-electron chi connectivity index (χ0n) is 6.09. The molecule has 2 rings (SSSR count). The van der Waals surface area contributed by atoms with E-state index in [1.165, 1.54) is 19.3 Å². The van der Waals surface area contributed by atoms with Gasteiger partial charge in [0.2, 0.25) is 0 Å². The van der Waals surface area contributed by atoms with E-state index in [2.05, 4.69) is 29.6 Å². The van der Waals surface area contributed by atoms with Gasteiger partial charge in [0.25, 0.3) is 0 Å². The fraction of sp³-hybridized carbons (Fsp3) is 0.556. The number of allylic oxidation sites excluding steroid dienone is 2. The summed E-state index contributed by atoms with van der Waals surface area (Å²) in [7, 11) is 0. The summed E-state index contributed by atoms with van der Waals surface area (Å²) in [6, 6.07) is 1.46. The molecule has 1 heteroatoms. The minimum absolute atomic E-state index is 0.623. The molecule has 0 aromatic heterocycles. The molecule has 0 saturated heterocycles. The topological polar surface area (TPSA) is 12.0 Å². The molecule has 1 N–H and O–H groups in total. The van der Waals surface area contributed by atoms with E-state index in [1.54, 1.807) is 0 Å². The van der Waals surface area contributed by atoms with E-state index in [9.17, 15) is 0 Å². The standard InChI is InChI=1S/C9H13N/c1-2-4-8(5-3-1)10-9-6-7-9/h1-4,8-10H,5-7H2. The minimum atomic E-state index is 0.623. The summed E-state index contributed by atoms with van der Waals surface area (Å²) in [6.45, 7) is 0. The third kappa shape index (κ3) is 1.48. The molecule has 1 nitrogen and oxygen atoms in total. The van der Waals surface area contributed by atoms with Crippen LogP contribution in [0.4, 0.5) is 0 Å². The summed E-state index contributed by atoms with van der Waals surface area (Å²) in [6.07, 6.45) is 12.7. The quantitative estimate of drug-likeness (QED) is 0.606. The van der Waals surface area contributed by atoms with Crippen LogP contribution >= 0.6 is 0 Å². The summed E-state index contributed by atoms with van der Waals surface area (Å²) < 4.78 is 0. The van der Waals surface area contributed by atoms with Gasteiger partial charge < -0.3 is 5.32 Å². The van der Waals surface area contributed by atoms with Crippen molar-refractivity contribution in [2.45, 2.75) is 31.3 Å². The van der Waals surface area contributed by atoms with Crippen molar-refractivity contribution < 1.29 is 0 Å². The highest BCUT2D eigenvalue weighted by Gasteiger charge is 2.22. The van der Waals surface area contributed by atoms with Gasteiger partial charge in [-0.15, -0.1) is 0 Å². The predicted octanol–water partition coefficient (Wildman–Crippen LogP) is 1.62. The summed E-state index contributed by atoms with van der Waals surface area (Å²) in [5.41, 5.74) is 0. The molecular weight excluding hydrogens is 122 g/mol. The first-order valence-electron chi connectivity index (χ1n) is 4.04. The van der Waals surface area contributed by atoms with E-state index < -0.39 is 0 Å². The van der Waals surface area contributed by atoms with Crippen LogP contribution in [0.5, 0.6) is 0 Å². The molecular formula is C9H13N. The van der Waals surface area contributed by atoms with Crippen molar-refractivity contribution >= 4 is 0 Å². The fourth-order valence-electron chi connectivity index (χ4n) is 1.26. The molecule has 1 fully saturated rings. The molecule has 10 heavy (non-hydrogen) atoms. The van der Waals surface area contributed by atoms with Crippen LogP contribution in [0.2, 0.25) is 0 Å². The van der Waals surface area contributed by atoms with Gasteiger partial charge in [-0.3, -0.25) is 0 Å². The van der Waals surface area contributed by atoms with Crippen molar-refractivity contribution in [3.05, 3.63) is 24.3 Å². The van der Waals surface area contributed by atoms with Crippen molar-refractivity contribution in [1.29, 1.82) is 0 Å². The van der Waals surface area contributed by atoms with Crippen molar-refractivity contribution in [3.63, 3.8) is 0 Å². The highest BCUT2D eigenvalue weighted by atomic mass is 15.0. The van der Waals surface area contributed by atoms with Gasteiger partial charge in [-0.05, 0) is 19.3 Å². The molecule has 2 aliphatic carbocycles. The second kappa shape index (κ2) is 2.59. The first-order valence-corrected chi connectivity index (χ1v) is 4.04. The van der Waals surface area contributed by atoms with Gasteiger partial charge in [0.15, 0.2) is 0 Å². The van der Waals surface area contributed by atoms with Crippen LogP contribution in [0.1, 0.15) is 19.3 Å². The number of nitrogens with one attached hydrogen (secondary N) is 1. The molecule has 0 aliphatic heterocycles. The van der Waals surface area contributed by atoms with E-state index in [0.717, 1.165) is 6.04 Å². The van der Waals surface area contributed by atoms with E-state index >= 15 is 0 Å². The van der Waals surface area contributed by atoms with Crippen molar-refractivity contribution in [2.75, 3.05) is 0 Å². The van der Waals surface area contributed by atoms with Crippen molar-refractivity contribution in [1.82, 2.24) is 5.32 Å². The van der Waals surface area contributed by atoms with E-state index in [-0.39, 0.29) is 0 Å². The second-order valence-electron chi connectivity index (χ2n) is 3.10. The van der Waals surface area contributed by atoms with Crippen molar-refractivity contribution in [2.24, 2.45) is 0 Å². The lowest BCUT2D eigenvalue weighted by atomic mass is 10.1. The summed E-state index contributed by atoms with van der Waals surface area (Å²) >= 11 is 0. The molecule has 0 aromatic carbocycles. The Kier molecular flexibility index (Phi) is 1.60. The molecule has 0 radical (unpaired) electrons. The fourth-order valence-corrected chi connectivity index (χ4v) is 1.26. The lowest BCUT2D eigenvalue weighted by Crippen LogP contribution is -2.29. The largest absolute Gasteiger partial charge is 0.307 e. The average Bonchev–Trinajstić information content (AvgIpc) is 2.74.